The van der Waals surface area contributed by atoms with Gasteiger partial charge in [-0.25, -0.2) is 4.59 Å². The third kappa shape index (κ3) is 4.61. The van der Waals surface area contributed by atoms with Crippen molar-refractivity contribution in [3.05, 3.63) is 34.9 Å². The van der Waals surface area contributed by atoms with Gasteiger partial charge in [-0.3, -0.25) is 0 Å². The fraction of sp³-hybridized carbons (Fsp3) is 0.462. The smallest absolute Gasteiger partial charge is 0.0999 e. The van der Waals surface area contributed by atoms with Crippen LogP contribution < -0.4 is 24.0 Å². The average Bonchev–Trinajstić information content (AvgIpc) is 2.06. The van der Waals surface area contributed by atoms with Gasteiger partial charge in [0.1, 0.15) is 0 Å². The van der Waals surface area contributed by atoms with E-state index < -0.39 is 0 Å². The average molecular weight is 332 g/mol. The Balaban J connectivity index is 0.00000225. The minimum Gasteiger partial charge on any atom is -1.00 e. The van der Waals surface area contributed by atoms with Crippen molar-refractivity contribution in [1.29, 1.82) is 0 Å². The summed E-state index contributed by atoms with van der Waals surface area (Å²) < 4.78 is 0.610. The van der Waals surface area contributed by atoms with Crippen LogP contribution in [0.25, 0.3) is 0 Å². The SMILES string of the molecule is C/C(=N\[N+](C)(C)C)c1ccc(C)c(C)c1.[I-]. The van der Waals surface area contributed by atoms with Crippen molar-refractivity contribution in [2.45, 2.75) is 20.8 Å². The van der Waals surface area contributed by atoms with Crippen molar-refractivity contribution in [3.63, 3.8) is 0 Å². The van der Waals surface area contributed by atoms with Gasteiger partial charge in [0.15, 0.2) is 0 Å². The zero-order valence-corrected chi connectivity index (χ0v) is 13.2. The first-order valence-corrected chi connectivity index (χ1v) is 5.25. The number of halogens is 1. The van der Waals surface area contributed by atoms with Crippen LogP contribution in [-0.2, 0) is 0 Å². The van der Waals surface area contributed by atoms with E-state index in [0.29, 0.717) is 4.59 Å². The molecule has 0 aromatic heterocycles. The monoisotopic (exact) mass is 332 g/mol. The second-order valence-electron chi connectivity index (χ2n) is 4.93. The number of rotatable bonds is 2. The van der Waals surface area contributed by atoms with Crippen LogP contribution in [0.2, 0.25) is 0 Å². The minimum absolute atomic E-state index is 0. The zero-order valence-electron chi connectivity index (χ0n) is 11.0. The Morgan fingerprint density at radius 3 is 2.06 bits per heavy atom. The predicted octanol–water partition coefficient (Wildman–Crippen LogP) is -0.262. The van der Waals surface area contributed by atoms with E-state index in [-0.39, 0.29) is 24.0 Å². The molecule has 0 radical (unpaired) electrons. The van der Waals surface area contributed by atoms with E-state index in [1.807, 2.05) is 0 Å². The van der Waals surface area contributed by atoms with Crippen LogP contribution in [0.1, 0.15) is 23.6 Å². The Kier molecular flexibility index (Phi) is 5.62. The molecule has 0 aliphatic carbocycles. The second-order valence-corrected chi connectivity index (χ2v) is 4.93. The summed E-state index contributed by atoms with van der Waals surface area (Å²) in [7, 11) is 6.18. The maximum absolute atomic E-state index is 4.60. The van der Waals surface area contributed by atoms with E-state index in [4.69, 9.17) is 0 Å². The van der Waals surface area contributed by atoms with Gasteiger partial charge < -0.3 is 24.0 Å². The summed E-state index contributed by atoms with van der Waals surface area (Å²) in [4.78, 5) is 0. The molecule has 0 aliphatic heterocycles. The van der Waals surface area contributed by atoms with Crippen molar-refractivity contribution < 1.29 is 28.6 Å². The highest BCUT2D eigenvalue weighted by molar-refractivity contribution is 5.98. The molecule has 0 atom stereocenters. The molecule has 0 N–H and O–H groups in total. The molecule has 90 valence electrons. The van der Waals surface area contributed by atoms with Crippen LogP contribution in [0, 0.1) is 13.8 Å². The number of quaternary nitrogens is 1. The Hall–Kier alpha value is -0.420. The molecule has 0 saturated carbocycles. The van der Waals surface area contributed by atoms with Gasteiger partial charge in [0.05, 0.1) is 26.9 Å². The fourth-order valence-corrected chi connectivity index (χ4v) is 1.47. The largest absolute Gasteiger partial charge is 1.00 e. The van der Waals surface area contributed by atoms with E-state index in [9.17, 15) is 0 Å². The lowest BCUT2D eigenvalue weighted by Crippen LogP contribution is -3.00. The summed E-state index contributed by atoms with van der Waals surface area (Å²) in [6.07, 6.45) is 0. The van der Waals surface area contributed by atoms with Crippen molar-refractivity contribution in [1.82, 2.24) is 0 Å². The molecule has 2 nitrogen and oxygen atoms in total. The Bertz CT molecular complexity index is 389. The normalized spacial score (nSPS) is 12.2. The molecule has 0 amide bonds. The Morgan fingerprint density at radius 2 is 1.62 bits per heavy atom. The van der Waals surface area contributed by atoms with Gasteiger partial charge in [0.2, 0.25) is 0 Å². The number of nitrogens with zero attached hydrogens (tertiary/aromatic N) is 2. The van der Waals surface area contributed by atoms with Gasteiger partial charge in [-0.05, 0) is 38.0 Å². The van der Waals surface area contributed by atoms with E-state index in [1.54, 1.807) is 0 Å². The molecular formula is C13H21IN2. The van der Waals surface area contributed by atoms with Crippen molar-refractivity contribution in [2.75, 3.05) is 21.1 Å². The maximum Gasteiger partial charge on any atom is 0.0999 e. The Morgan fingerprint density at radius 1 is 1.06 bits per heavy atom. The molecule has 0 unspecified atom stereocenters. The summed E-state index contributed by atoms with van der Waals surface area (Å²) in [5.41, 5.74) is 4.96. The van der Waals surface area contributed by atoms with Crippen LogP contribution in [0.3, 0.4) is 0 Å². The van der Waals surface area contributed by atoms with Gasteiger partial charge >= 0.3 is 0 Å². The lowest BCUT2D eigenvalue weighted by Gasteiger charge is -2.16. The van der Waals surface area contributed by atoms with Gasteiger partial charge in [-0.2, -0.15) is 0 Å². The lowest BCUT2D eigenvalue weighted by atomic mass is 10.0. The van der Waals surface area contributed by atoms with Gasteiger partial charge in [-0.15, -0.1) is 0 Å². The van der Waals surface area contributed by atoms with Crippen LogP contribution in [0.4, 0.5) is 0 Å². The molecule has 3 heteroatoms. The summed E-state index contributed by atoms with van der Waals surface area (Å²) >= 11 is 0. The highest BCUT2D eigenvalue weighted by Gasteiger charge is 2.07. The van der Waals surface area contributed by atoms with Gasteiger partial charge in [0.25, 0.3) is 0 Å². The summed E-state index contributed by atoms with van der Waals surface area (Å²) in [6, 6.07) is 6.49. The van der Waals surface area contributed by atoms with Crippen LogP contribution in [0.5, 0.6) is 0 Å². The molecule has 0 spiro atoms. The lowest BCUT2D eigenvalue weighted by molar-refractivity contribution is -0.877. The van der Waals surface area contributed by atoms with Gasteiger partial charge in [-0.1, -0.05) is 17.2 Å². The number of aryl methyl sites for hydroxylation is 2. The molecule has 1 aromatic carbocycles. The molecule has 0 saturated heterocycles. The number of hydrogen-bond donors (Lipinski definition) is 0. The fourth-order valence-electron chi connectivity index (χ4n) is 1.47. The minimum atomic E-state index is 0. The standard InChI is InChI=1S/C13H21N2.HI/c1-10-7-8-13(9-11(10)2)12(3)14-15(4,5)6;/h7-9H,1-6H3;1H/q+1;/p-1/b14-12+;. The quantitative estimate of drug-likeness (QED) is 0.306. The third-order valence-corrected chi connectivity index (χ3v) is 2.37. The van der Waals surface area contributed by atoms with E-state index in [0.717, 1.165) is 5.71 Å². The van der Waals surface area contributed by atoms with Crippen LogP contribution in [0.15, 0.2) is 23.3 Å². The molecule has 16 heavy (non-hydrogen) atoms. The molecule has 0 fully saturated rings. The topological polar surface area (TPSA) is 12.4 Å². The number of benzene rings is 1. The van der Waals surface area contributed by atoms with Crippen molar-refractivity contribution >= 4 is 5.71 Å². The predicted molar refractivity (Wildman–Crippen MR) is 66.2 cm³/mol. The van der Waals surface area contributed by atoms with Crippen molar-refractivity contribution in [2.24, 2.45) is 5.10 Å². The first kappa shape index (κ1) is 15.6. The summed E-state index contributed by atoms with van der Waals surface area (Å²) in [6.45, 7) is 6.33. The molecule has 0 bridgehead atoms. The summed E-state index contributed by atoms with van der Waals surface area (Å²) in [5.74, 6) is 0. The third-order valence-electron chi connectivity index (χ3n) is 2.37. The number of hydrogen-bond acceptors (Lipinski definition) is 1. The van der Waals surface area contributed by atoms with Crippen LogP contribution >= 0.6 is 0 Å². The molecule has 0 heterocycles. The molecular weight excluding hydrogens is 311 g/mol. The molecule has 1 rings (SSSR count). The maximum atomic E-state index is 4.60. The highest BCUT2D eigenvalue weighted by atomic mass is 127. The molecule has 1 aromatic rings. The summed E-state index contributed by atoms with van der Waals surface area (Å²) in [5, 5.41) is 4.60. The van der Waals surface area contributed by atoms with Crippen molar-refractivity contribution in [3.8, 4) is 0 Å². The molecule has 0 aliphatic rings. The van der Waals surface area contributed by atoms with Crippen LogP contribution in [-0.4, -0.2) is 31.4 Å². The first-order chi connectivity index (χ1) is 6.79. The van der Waals surface area contributed by atoms with E-state index in [1.165, 1.54) is 16.7 Å². The highest BCUT2D eigenvalue weighted by Crippen LogP contribution is 2.11. The van der Waals surface area contributed by atoms with E-state index in [2.05, 4.69) is 65.2 Å². The zero-order chi connectivity index (χ0) is 11.6. The van der Waals surface area contributed by atoms with Gasteiger partial charge in [0, 0.05) is 5.56 Å². The van der Waals surface area contributed by atoms with E-state index >= 15 is 0 Å². The Labute approximate surface area is 116 Å². The second kappa shape index (κ2) is 5.77. The first-order valence-electron chi connectivity index (χ1n) is 5.25.